The molecule has 1 heteroatoms. The second-order valence-corrected chi connectivity index (χ2v) is 4.10. The summed E-state index contributed by atoms with van der Waals surface area (Å²) in [4.78, 5) is 0. The highest BCUT2D eigenvalue weighted by atomic mass is 14.9. The van der Waals surface area contributed by atoms with Gasteiger partial charge in [0, 0.05) is 6.04 Å². The number of hydrogen-bond donors (Lipinski definition) is 1. The van der Waals surface area contributed by atoms with Gasteiger partial charge in [-0.15, -0.1) is 0 Å². The smallest absolute Gasteiger partial charge is 0.00957 e. The quantitative estimate of drug-likeness (QED) is 0.609. The van der Waals surface area contributed by atoms with Crippen molar-refractivity contribution >= 4 is 0 Å². The number of nitrogens with one attached hydrogen (secondary N) is 1. The molecule has 1 atom stereocenters. The first-order valence-electron chi connectivity index (χ1n) is 5.20. The van der Waals surface area contributed by atoms with Gasteiger partial charge in [-0.25, -0.2) is 0 Å². The van der Waals surface area contributed by atoms with Crippen LogP contribution in [0.3, 0.4) is 0 Å². The summed E-state index contributed by atoms with van der Waals surface area (Å²) in [6.45, 7) is 1.28. The largest absolute Gasteiger partial charge is 0.314 e. The maximum atomic E-state index is 3.63. The molecule has 2 aliphatic rings. The van der Waals surface area contributed by atoms with Gasteiger partial charge in [-0.1, -0.05) is 19.3 Å². The molecule has 1 aliphatic carbocycles. The molecule has 0 aromatic heterocycles. The molecule has 0 aromatic rings. The van der Waals surface area contributed by atoms with Crippen LogP contribution in [-0.4, -0.2) is 12.6 Å². The van der Waals surface area contributed by atoms with Crippen molar-refractivity contribution in [2.24, 2.45) is 5.92 Å². The fourth-order valence-corrected chi connectivity index (χ4v) is 2.65. The molecule has 64 valence electrons. The van der Waals surface area contributed by atoms with E-state index in [-0.39, 0.29) is 0 Å². The van der Waals surface area contributed by atoms with Crippen molar-refractivity contribution in [1.29, 1.82) is 0 Å². The Morgan fingerprint density at radius 3 is 2.27 bits per heavy atom. The SMILES string of the molecule is C1CCC([C@@H]2CCCN2)CC1. The molecule has 2 fully saturated rings. The molecule has 0 unspecified atom stereocenters. The zero-order valence-corrected chi connectivity index (χ0v) is 7.31. The van der Waals surface area contributed by atoms with Gasteiger partial charge in [0.2, 0.25) is 0 Å². The van der Waals surface area contributed by atoms with Gasteiger partial charge in [0.15, 0.2) is 0 Å². The zero-order chi connectivity index (χ0) is 7.52. The van der Waals surface area contributed by atoms with E-state index in [4.69, 9.17) is 0 Å². The molecule has 0 aromatic carbocycles. The second-order valence-electron chi connectivity index (χ2n) is 4.10. The lowest BCUT2D eigenvalue weighted by molar-refractivity contribution is 0.287. The van der Waals surface area contributed by atoms with Crippen molar-refractivity contribution in [2.45, 2.75) is 51.0 Å². The Balaban J connectivity index is 1.82. The molecule has 1 saturated heterocycles. The van der Waals surface area contributed by atoms with Crippen LogP contribution in [-0.2, 0) is 0 Å². The van der Waals surface area contributed by atoms with Crippen molar-refractivity contribution < 1.29 is 0 Å². The monoisotopic (exact) mass is 153 g/mol. The van der Waals surface area contributed by atoms with Crippen LogP contribution in [0.2, 0.25) is 0 Å². The molecule has 1 N–H and O–H groups in total. The standard InChI is InChI=1S/C10H19N/c1-2-5-9(6-3-1)10-7-4-8-11-10/h9-11H,1-8H2/t10-/m0/s1. The second kappa shape index (κ2) is 3.57. The van der Waals surface area contributed by atoms with E-state index < -0.39 is 0 Å². The Labute approximate surface area is 69.6 Å². The van der Waals surface area contributed by atoms with E-state index in [1.54, 1.807) is 0 Å². The molecule has 1 saturated carbocycles. The highest BCUT2D eigenvalue weighted by Gasteiger charge is 2.25. The summed E-state index contributed by atoms with van der Waals surface area (Å²) < 4.78 is 0. The van der Waals surface area contributed by atoms with E-state index in [2.05, 4.69) is 5.32 Å². The average Bonchev–Trinajstić information content (AvgIpc) is 2.58. The van der Waals surface area contributed by atoms with Crippen LogP contribution in [0, 0.1) is 5.92 Å². The minimum absolute atomic E-state index is 0.898. The summed E-state index contributed by atoms with van der Waals surface area (Å²) in [7, 11) is 0. The van der Waals surface area contributed by atoms with Gasteiger partial charge in [0.05, 0.1) is 0 Å². The molecule has 11 heavy (non-hydrogen) atoms. The highest BCUT2D eigenvalue weighted by molar-refractivity contribution is 4.83. The molecule has 2 rings (SSSR count). The zero-order valence-electron chi connectivity index (χ0n) is 7.31. The molecular weight excluding hydrogens is 134 g/mol. The predicted octanol–water partition coefficient (Wildman–Crippen LogP) is 2.32. The van der Waals surface area contributed by atoms with Crippen LogP contribution >= 0.6 is 0 Å². The lowest BCUT2D eigenvalue weighted by atomic mass is 9.83. The van der Waals surface area contributed by atoms with Crippen LogP contribution in [0.25, 0.3) is 0 Å². The van der Waals surface area contributed by atoms with Gasteiger partial charge in [0.1, 0.15) is 0 Å². The van der Waals surface area contributed by atoms with Crippen molar-refractivity contribution in [1.82, 2.24) is 5.32 Å². The third-order valence-corrected chi connectivity index (χ3v) is 3.32. The summed E-state index contributed by atoms with van der Waals surface area (Å²) in [6.07, 6.45) is 10.3. The average molecular weight is 153 g/mol. The van der Waals surface area contributed by atoms with Gasteiger partial charge >= 0.3 is 0 Å². The van der Waals surface area contributed by atoms with E-state index in [0.29, 0.717) is 0 Å². The minimum Gasteiger partial charge on any atom is -0.314 e. The number of rotatable bonds is 1. The van der Waals surface area contributed by atoms with E-state index in [9.17, 15) is 0 Å². The van der Waals surface area contributed by atoms with Crippen molar-refractivity contribution in [2.75, 3.05) is 6.54 Å². The van der Waals surface area contributed by atoms with Gasteiger partial charge in [-0.05, 0) is 38.1 Å². The van der Waals surface area contributed by atoms with Crippen LogP contribution in [0.1, 0.15) is 44.9 Å². The maximum Gasteiger partial charge on any atom is 0.00957 e. The Kier molecular flexibility index (Phi) is 2.47. The third-order valence-electron chi connectivity index (χ3n) is 3.32. The number of hydrogen-bond acceptors (Lipinski definition) is 1. The van der Waals surface area contributed by atoms with Crippen LogP contribution in [0.4, 0.5) is 0 Å². The summed E-state index contributed by atoms with van der Waals surface area (Å²) in [5.41, 5.74) is 0. The van der Waals surface area contributed by atoms with E-state index in [1.807, 2.05) is 0 Å². The summed E-state index contributed by atoms with van der Waals surface area (Å²) >= 11 is 0. The Bertz CT molecular complexity index is 110. The van der Waals surface area contributed by atoms with Gasteiger partial charge < -0.3 is 5.32 Å². The van der Waals surface area contributed by atoms with E-state index in [0.717, 1.165) is 12.0 Å². The van der Waals surface area contributed by atoms with Crippen molar-refractivity contribution in [3.05, 3.63) is 0 Å². The maximum absolute atomic E-state index is 3.63. The normalized spacial score (nSPS) is 34.4. The van der Waals surface area contributed by atoms with Crippen LogP contribution in [0.15, 0.2) is 0 Å². The molecule has 0 radical (unpaired) electrons. The van der Waals surface area contributed by atoms with E-state index >= 15 is 0 Å². The molecule has 0 amide bonds. The Morgan fingerprint density at radius 1 is 0.818 bits per heavy atom. The fraction of sp³-hybridized carbons (Fsp3) is 1.00. The molecule has 1 heterocycles. The lowest BCUT2D eigenvalue weighted by Gasteiger charge is -2.27. The highest BCUT2D eigenvalue weighted by Crippen LogP contribution is 2.29. The van der Waals surface area contributed by atoms with E-state index in [1.165, 1.54) is 51.5 Å². The van der Waals surface area contributed by atoms with Crippen LogP contribution < -0.4 is 5.32 Å². The summed E-state index contributed by atoms with van der Waals surface area (Å²) in [6, 6.07) is 0.898. The first-order valence-corrected chi connectivity index (χ1v) is 5.20. The Hall–Kier alpha value is -0.0400. The lowest BCUT2D eigenvalue weighted by Crippen LogP contribution is -2.31. The molecular formula is C10H19N. The first kappa shape index (κ1) is 7.60. The summed E-state index contributed by atoms with van der Waals surface area (Å²) in [5.74, 6) is 1.03. The Morgan fingerprint density at radius 2 is 1.64 bits per heavy atom. The van der Waals surface area contributed by atoms with Gasteiger partial charge in [-0.2, -0.15) is 0 Å². The molecule has 0 spiro atoms. The van der Waals surface area contributed by atoms with Gasteiger partial charge in [-0.3, -0.25) is 0 Å². The van der Waals surface area contributed by atoms with Gasteiger partial charge in [0.25, 0.3) is 0 Å². The van der Waals surface area contributed by atoms with Crippen LogP contribution in [0.5, 0.6) is 0 Å². The molecule has 1 nitrogen and oxygen atoms in total. The van der Waals surface area contributed by atoms with Crippen molar-refractivity contribution in [3.63, 3.8) is 0 Å². The fourth-order valence-electron chi connectivity index (χ4n) is 2.65. The van der Waals surface area contributed by atoms with Crippen molar-refractivity contribution in [3.8, 4) is 0 Å². The topological polar surface area (TPSA) is 12.0 Å². The third kappa shape index (κ3) is 1.76. The molecule has 1 aliphatic heterocycles. The molecule has 0 bridgehead atoms. The minimum atomic E-state index is 0.898. The predicted molar refractivity (Wildman–Crippen MR) is 47.6 cm³/mol. The summed E-state index contributed by atoms with van der Waals surface area (Å²) in [5, 5.41) is 3.63. The first-order chi connectivity index (χ1) is 5.47.